The van der Waals surface area contributed by atoms with Gasteiger partial charge in [0.05, 0.1) is 5.69 Å². The molecule has 1 fully saturated rings. The topological polar surface area (TPSA) is 62.4 Å². The van der Waals surface area contributed by atoms with E-state index in [2.05, 4.69) is 4.98 Å². The van der Waals surface area contributed by atoms with Gasteiger partial charge in [0.2, 0.25) is 0 Å². The monoisotopic (exact) mass is 380 g/mol. The Morgan fingerprint density at radius 2 is 2.07 bits per heavy atom. The van der Waals surface area contributed by atoms with E-state index >= 15 is 0 Å². The van der Waals surface area contributed by atoms with Crippen molar-refractivity contribution in [2.24, 2.45) is 0 Å². The molecule has 0 spiro atoms. The number of aromatic amines is 1. The number of benzene rings is 2. The summed E-state index contributed by atoms with van der Waals surface area (Å²) in [7, 11) is 0. The summed E-state index contributed by atoms with van der Waals surface area (Å²) in [6.07, 6.45) is 2.66. The SMILES string of the molecule is O=Cc1[nH]c2cc(F)ccc2c1C[C@@H]1CCCN1C(=O)OCc1ccccc1. The zero-order chi connectivity index (χ0) is 19.5. The molecule has 1 aromatic heterocycles. The van der Waals surface area contributed by atoms with Gasteiger partial charge in [-0.1, -0.05) is 30.3 Å². The van der Waals surface area contributed by atoms with Gasteiger partial charge in [-0.05, 0) is 48.6 Å². The number of amides is 1. The lowest BCUT2D eigenvalue weighted by Gasteiger charge is -2.24. The minimum absolute atomic E-state index is 0.0500. The number of hydrogen-bond acceptors (Lipinski definition) is 3. The Labute approximate surface area is 162 Å². The predicted octanol–water partition coefficient (Wildman–Crippen LogP) is 4.46. The fourth-order valence-corrected chi connectivity index (χ4v) is 3.90. The lowest BCUT2D eigenvalue weighted by Crippen LogP contribution is -2.37. The summed E-state index contributed by atoms with van der Waals surface area (Å²) in [6.45, 7) is 0.862. The minimum atomic E-state index is -0.357. The average Bonchev–Trinajstić information content (AvgIpc) is 3.31. The highest BCUT2D eigenvalue weighted by Crippen LogP contribution is 2.28. The van der Waals surface area contributed by atoms with Crippen molar-refractivity contribution in [3.63, 3.8) is 0 Å². The van der Waals surface area contributed by atoms with Gasteiger partial charge in [-0.15, -0.1) is 0 Å². The first-order chi connectivity index (χ1) is 13.7. The van der Waals surface area contributed by atoms with Crippen molar-refractivity contribution < 1.29 is 18.7 Å². The van der Waals surface area contributed by atoms with E-state index in [1.165, 1.54) is 12.1 Å². The van der Waals surface area contributed by atoms with Gasteiger partial charge in [0.25, 0.3) is 0 Å². The molecule has 2 aromatic carbocycles. The molecule has 1 aliphatic heterocycles. The van der Waals surface area contributed by atoms with E-state index in [9.17, 15) is 14.0 Å². The van der Waals surface area contributed by atoms with E-state index in [0.29, 0.717) is 24.2 Å². The van der Waals surface area contributed by atoms with Crippen LogP contribution in [0.25, 0.3) is 10.9 Å². The van der Waals surface area contributed by atoms with Crippen molar-refractivity contribution in [1.82, 2.24) is 9.88 Å². The second-order valence-electron chi connectivity index (χ2n) is 7.06. The number of H-pyrrole nitrogens is 1. The Kier molecular flexibility index (Phi) is 5.10. The fourth-order valence-electron chi connectivity index (χ4n) is 3.90. The maximum absolute atomic E-state index is 13.5. The molecule has 1 saturated heterocycles. The van der Waals surface area contributed by atoms with Crippen LogP contribution in [0.5, 0.6) is 0 Å². The molecule has 0 unspecified atom stereocenters. The number of aromatic nitrogens is 1. The van der Waals surface area contributed by atoms with Crippen LogP contribution in [0.2, 0.25) is 0 Å². The number of ether oxygens (including phenoxy) is 1. The van der Waals surface area contributed by atoms with E-state index in [0.717, 1.165) is 35.6 Å². The number of nitrogens with one attached hydrogen (secondary N) is 1. The second kappa shape index (κ2) is 7.84. The molecular weight excluding hydrogens is 359 g/mol. The van der Waals surface area contributed by atoms with Gasteiger partial charge >= 0.3 is 6.09 Å². The van der Waals surface area contributed by atoms with Crippen molar-refractivity contribution in [3.05, 3.63) is 71.2 Å². The molecule has 2 heterocycles. The number of nitrogens with zero attached hydrogens (tertiary/aromatic N) is 1. The lowest BCUT2D eigenvalue weighted by atomic mass is 10.0. The fraction of sp³-hybridized carbons (Fsp3) is 0.273. The van der Waals surface area contributed by atoms with Crippen molar-refractivity contribution in [2.45, 2.75) is 31.9 Å². The third-order valence-electron chi connectivity index (χ3n) is 5.28. The average molecular weight is 380 g/mol. The van der Waals surface area contributed by atoms with Gasteiger partial charge in [-0.25, -0.2) is 9.18 Å². The first-order valence-electron chi connectivity index (χ1n) is 9.38. The van der Waals surface area contributed by atoms with Crippen LogP contribution < -0.4 is 0 Å². The number of carbonyl (C=O) groups is 2. The summed E-state index contributed by atoms with van der Waals surface area (Å²) >= 11 is 0. The maximum atomic E-state index is 13.5. The molecule has 0 radical (unpaired) electrons. The van der Waals surface area contributed by atoms with Crippen LogP contribution in [-0.4, -0.2) is 34.8 Å². The summed E-state index contributed by atoms with van der Waals surface area (Å²) in [5.41, 5.74) is 2.78. The molecular formula is C22H21FN2O3. The molecule has 1 amide bonds. The van der Waals surface area contributed by atoms with Crippen molar-refractivity contribution in [3.8, 4) is 0 Å². The maximum Gasteiger partial charge on any atom is 0.410 e. The lowest BCUT2D eigenvalue weighted by molar-refractivity contribution is 0.0921. The number of fused-ring (bicyclic) bond motifs is 1. The van der Waals surface area contributed by atoms with E-state index in [1.54, 1.807) is 11.0 Å². The second-order valence-corrected chi connectivity index (χ2v) is 7.06. The standard InChI is InChI=1S/C22H21FN2O3/c23-16-8-9-18-19(21(13-26)24-20(18)11-16)12-17-7-4-10-25(17)22(27)28-14-15-5-2-1-3-6-15/h1-3,5-6,8-9,11,13,17,24H,4,7,10,12,14H2/t17-/m0/s1. The van der Waals surface area contributed by atoms with Gasteiger partial charge in [0, 0.05) is 23.5 Å². The first-order valence-corrected chi connectivity index (χ1v) is 9.38. The molecule has 144 valence electrons. The highest BCUT2D eigenvalue weighted by Gasteiger charge is 2.31. The highest BCUT2D eigenvalue weighted by atomic mass is 19.1. The van der Waals surface area contributed by atoms with Crippen molar-refractivity contribution in [2.75, 3.05) is 6.54 Å². The van der Waals surface area contributed by atoms with Gasteiger partial charge in [-0.2, -0.15) is 0 Å². The molecule has 1 aliphatic rings. The third kappa shape index (κ3) is 3.63. The molecule has 1 atom stereocenters. The van der Waals surface area contributed by atoms with Crippen LogP contribution >= 0.6 is 0 Å². The molecule has 4 rings (SSSR count). The predicted molar refractivity (Wildman–Crippen MR) is 104 cm³/mol. The number of hydrogen-bond donors (Lipinski definition) is 1. The summed E-state index contributed by atoms with van der Waals surface area (Å²) in [5.74, 6) is -0.357. The van der Waals surface area contributed by atoms with Crippen LogP contribution in [0, 0.1) is 5.82 Å². The van der Waals surface area contributed by atoms with E-state index < -0.39 is 0 Å². The Hall–Kier alpha value is -3.15. The Morgan fingerprint density at radius 3 is 2.86 bits per heavy atom. The molecule has 6 heteroatoms. The largest absolute Gasteiger partial charge is 0.445 e. The number of aldehydes is 1. The molecule has 0 aliphatic carbocycles. The van der Waals surface area contributed by atoms with Crippen molar-refractivity contribution in [1.29, 1.82) is 0 Å². The Bertz CT molecular complexity index is 1000. The molecule has 0 bridgehead atoms. The molecule has 1 N–H and O–H groups in total. The van der Waals surface area contributed by atoms with E-state index in [-0.39, 0.29) is 24.6 Å². The molecule has 28 heavy (non-hydrogen) atoms. The first kappa shape index (κ1) is 18.2. The summed E-state index contributed by atoms with van der Waals surface area (Å²) < 4.78 is 19.0. The van der Waals surface area contributed by atoms with Gasteiger partial charge < -0.3 is 14.6 Å². The van der Waals surface area contributed by atoms with Crippen molar-refractivity contribution >= 4 is 23.3 Å². The number of likely N-dealkylation sites (tertiary alicyclic amines) is 1. The zero-order valence-electron chi connectivity index (χ0n) is 15.4. The van der Waals surface area contributed by atoms with Gasteiger partial charge in [0.1, 0.15) is 12.4 Å². The number of carbonyl (C=O) groups excluding carboxylic acids is 2. The highest BCUT2D eigenvalue weighted by molar-refractivity contribution is 5.92. The molecule has 5 nitrogen and oxygen atoms in total. The van der Waals surface area contributed by atoms with E-state index in [1.807, 2.05) is 30.3 Å². The zero-order valence-corrected chi connectivity index (χ0v) is 15.4. The summed E-state index contributed by atoms with van der Waals surface area (Å²) in [4.78, 5) is 28.8. The van der Waals surface area contributed by atoms with Crippen LogP contribution in [-0.2, 0) is 17.8 Å². The van der Waals surface area contributed by atoms with Crippen LogP contribution in [0.4, 0.5) is 9.18 Å². The van der Waals surface area contributed by atoms with Gasteiger partial charge in [-0.3, -0.25) is 4.79 Å². The van der Waals surface area contributed by atoms with E-state index in [4.69, 9.17) is 4.74 Å². The number of halogens is 1. The Morgan fingerprint density at radius 1 is 1.25 bits per heavy atom. The normalized spacial score (nSPS) is 16.5. The quantitative estimate of drug-likeness (QED) is 0.665. The number of rotatable bonds is 5. The van der Waals surface area contributed by atoms with Crippen LogP contribution in [0.15, 0.2) is 48.5 Å². The molecule has 0 saturated carbocycles. The summed E-state index contributed by atoms with van der Waals surface area (Å²) in [6, 6.07) is 13.9. The molecule has 3 aromatic rings. The Balaban J connectivity index is 1.50. The third-order valence-corrected chi connectivity index (χ3v) is 5.28. The van der Waals surface area contributed by atoms with Crippen LogP contribution in [0.3, 0.4) is 0 Å². The summed E-state index contributed by atoms with van der Waals surface area (Å²) in [5, 5.41) is 0.813. The van der Waals surface area contributed by atoms with Crippen LogP contribution in [0.1, 0.15) is 34.5 Å². The van der Waals surface area contributed by atoms with Gasteiger partial charge in [0.15, 0.2) is 6.29 Å². The smallest absolute Gasteiger partial charge is 0.410 e. The minimum Gasteiger partial charge on any atom is -0.445 e.